The molecule has 0 atom stereocenters. The van der Waals surface area contributed by atoms with Crippen molar-refractivity contribution in [2.75, 3.05) is 26.7 Å². The van der Waals surface area contributed by atoms with Gasteiger partial charge in [0.25, 0.3) is 0 Å². The summed E-state index contributed by atoms with van der Waals surface area (Å²) in [6, 6.07) is 0. The third kappa shape index (κ3) is 6.73. The molecule has 0 aliphatic heterocycles. The number of hydrogen-bond acceptors (Lipinski definition) is 4. The molecular formula is C9H20N4O2. The SMILES string of the molecule is CCN(C)C(=O)CNCCCC(N)=NO. The molecule has 0 fully saturated rings. The van der Waals surface area contributed by atoms with E-state index in [1.54, 1.807) is 11.9 Å². The topological polar surface area (TPSA) is 91.0 Å². The molecular weight excluding hydrogens is 196 g/mol. The Morgan fingerprint density at radius 3 is 2.80 bits per heavy atom. The van der Waals surface area contributed by atoms with E-state index in [0.717, 1.165) is 6.42 Å². The molecule has 0 saturated heterocycles. The van der Waals surface area contributed by atoms with Crippen LogP contribution in [-0.4, -0.2) is 48.5 Å². The number of likely N-dealkylation sites (N-methyl/N-ethyl adjacent to an activating group) is 1. The summed E-state index contributed by atoms with van der Waals surface area (Å²) in [5.41, 5.74) is 5.28. The molecule has 0 heterocycles. The highest BCUT2D eigenvalue weighted by Crippen LogP contribution is 1.87. The lowest BCUT2D eigenvalue weighted by molar-refractivity contribution is -0.128. The molecule has 15 heavy (non-hydrogen) atoms. The Hall–Kier alpha value is -1.30. The molecule has 0 aliphatic rings. The lowest BCUT2D eigenvalue weighted by Gasteiger charge is -2.14. The van der Waals surface area contributed by atoms with Crippen molar-refractivity contribution < 1.29 is 10.0 Å². The Balaban J connectivity index is 3.43. The van der Waals surface area contributed by atoms with Crippen LogP contribution in [0.3, 0.4) is 0 Å². The molecule has 88 valence electrons. The number of rotatable bonds is 7. The van der Waals surface area contributed by atoms with E-state index in [1.165, 1.54) is 0 Å². The smallest absolute Gasteiger partial charge is 0.236 e. The van der Waals surface area contributed by atoms with Crippen LogP contribution < -0.4 is 11.1 Å². The molecule has 0 rings (SSSR count). The molecule has 0 unspecified atom stereocenters. The number of hydrogen-bond donors (Lipinski definition) is 3. The standard InChI is InChI=1S/C9H20N4O2/c1-3-13(2)9(14)7-11-6-4-5-8(10)12-15/h11,15H,3-7H2,1-2H3,(H2,10,12). The molecule has 6 nitrogen and oxygen atoms in total. The van der Waals surface area contributed by atoms with Crippen molar-refractivity contribution in [3.8, 4) is 0 Å². The molecule has 0 bridgehead atoms. The summed E-state index contributed by atoms with van der Waals surface area (Å²) >= 11 is 0. The summed E-state index contributed by atoms with van der Waals surface area (Å²) in [6.45, 7) is 3.65. The lowest BCUT2D eigenvalue weighted by atomic mass is 10.3. The van der Waals surface area contributed by atoms with E-state index in [1.807, 2.05) is 6.92 Å². The Bertz CT molecular complexity index is 218. The number of nitrogens with two attached hydrogens (primary N) is 1. The summed E-state index contributed by atoms with van der Waals surface area (Å²) in [5, 5.41) is 14.1. The minimum Gasteiger partial charge on any atom is -0.409 e. The van der Waals surface area contributed by atoms with Crippen LogP contribution in [0.4, 0.5) is 0 Å². The third-order valence-electron chi connectivity index (χ3n) is 2.09. The zero-order chi connectivity index (χ0) is 11.7. The maximum Gasteiger partial charge on any atom is 0.236 e. The summed E-state index contributed by atoms with van der Waals surface area (Å²) in [5.74, 6) is 0.287. The highest BCUT2D eigenvalue weighted by Gasteiger charge is 2.04. The van der Waals surface area contributed by atoms with Crippen molar-refractivity contribution in [3.05, 3.63) is 0 Å². The van der Waals surface area contributed by atoms with Crippen molar-refractivity contribution >= 4 is 11.7 Å². The molecule has 0 spiro atoms. The van der Waals surface area contributed by atoms with Gasteiger partial charge in [-0.25, -0.2) is 0 Å². The first-order valence-electron chi connectivity index (χ1n) is 5.02. The van der Waals surface area contributed by atoms with E-state index in [0.29, 0.717) is 26.1 Å². The number of nitrogens with one attached hydrogen (secondary N) is 1. The highest BCUT2D eigenvalue weighted by atomic mass is 16.4. The van der Waals surface area contributed by atoms with Crippen LogP contribution in [0.1, 0.15) is 19.8 Å². The van der Waals surface area contributed by atoms with Crippen LogP contribution in [-0.2, 0) is 4.79 Å². The van der Waals surface area contributed by atoms with Crippen LogP contribution in [0.25, 0.3) is 0 Å². The second-order valence-electron chi connectivity index (χ2n) is 3.28. The zero-order valence-electron chi connectivity index (χ0n) is 9.36. The predicted octanol–water partition coefficient (Wildman–Crippen LogP) is -0.419. The number of amides is 1. The van der Waals surface area contributed by atoms with E-state index in [4.69, 9.17) is 10.9 Å². The van der Waals surface area contributed by atoms with Gasteiger partial charge in [-0.2, -0.15) is 0 Å². The largest absolute Gasteiger partial charge is 0.409 e. The molecule has 0 aromatic carbocycles. The number of carbonyl (C=O) groups is 1. The van der Waals surface area contributed by atoms with Gasteiger partial charge in [0.2, 0.25) is 5.91 Å². The predicted molar refractivity (Wildman–Crippen MR) is 58.8 cm³/mol. The van der Waals surface area contributed by atoms with E-state index < -0.39 is 0 Å². The molecule has 0 saturated carbocycles. The van der Waals surface area contributed by atoms with Crippen LogP contribution in [0.5, 0.6) is 0 Å². The van der Waals surface area contributed by atoms with E-state index in [2.05, 4.69) is 10.5 Å². The maximum absolute atomic E-state index is 11.3. The number of carbonyl (C=O) groups excluding carboxylic acids is 1. The Labute approximate surface area is 90.1 Å². The third-order valence-corrected chi connectivity index (χ3v) is 2.09. The highest BCUT2D eigenvalue weighted by molar-refractivity contribution is 5.79. The number of amidine groups is 1. The zero-order valence-corrected chi connectivity index (χ0v) is 9.36. The van der Waals surface area contributed by atoms with Crippen molar-refractivity contribution in [3.63, 3.8) is 0 Å². The van der Waals surface area contributed by atoms with Gasteiger partial charge in [-0.3, -0.25) is 4.79 Å². The lowest BCUT2D eigenvalue weighted by Crippen LogP contribution is -2.35. The molecule has 0 aliphatic carbocycles. The van der Waals surface area contributed by atoms with Gasteiger partial charge in [-0.1, -0.05) is 5.16 Å². The van der Waals surface area contributed by atoms with Crippen molar-refractivity contribution in [2.24, 2.45) is 10.9 Å². The summed E-state index contributed by atoms with van der Waals surface area (Å²) in [6.07, 6.45) is 1.28. The maximum atomic E-state index is 11.3. The Morgan fingerprint density at radius 2 is 2.27 bits per heavy atom. The molecule has 6 heteroatoms. The second-order valence-corrected chi connectivity index (χ2v) is 3.28. The fourth-order valence-corrected chi connectivity index (χ4v) is 0.951. The van der Waals surface area contributed by atoms with E-state index >= 15 is 0 Å². The van der Waals surface area contributed by atoms with Crippen LogP contribution in [0.15, 0.2) is 5.16 Å². The molecule has 1 amide bonds. The van der Waals surface area contributed by atoms with Crippen molar-refractivity contribution in [2.45, 2.75) is 19.8 Å². The monoisotopic (exact) mass is 216 g/mol. The fourth-order valence-electron chi connectivity index (χ4n) is 0.951. The first-order valence-corrected chi connectivity index (χ1v) is 5.02. The summed E-state index contributed by atoms with van der Waals surface area (Å²) in [7, 11) is 1.76. The van der Waals surface area contributed by atoms with Gasteiger partial charge >= 0.3 is 0 Å². The first kappa shape index (κ1) is 13.7. The summed E-state index contributed by atoms with van der Waals surface area (Å²) < 4.78 is 0. The van der Waals surface area contributed by atoms with Crippen LogP contribution in [0, 0.1) is 0 Å². The Kier molecular flexibility index (Phi) is 7.35. The van der Waals surface area contributed by atoms with E-state index in [-0.39, 0.29) is 11.7 Å². The minimum atomic E-state index is 0.0706. The molecule has 4 N–H and O–H groups in total. The first-order chi connectivity index (χ1) is 7.11. The van der Waals surface area contributed by atoms with Crippen LogP contribution in [0.2, 0.25) is 0 Å². The molecule has 0 aromatic heterocycles. The number of nitrogens with zero attached hydrogens (tertiary/aromatic N) is 2. The van der Waals surface area contributed by atoms with E-state index in [9.17, 15) is 4.79 Å². The van der Waals surface area contributed by atoms with Gasteiger partial charge in [0.15, 0.2) is 0 Å². The number of oxime groups is 1. The van der Waals surface area contributed by atoms with Crippen molar-refractivity contribution in [1.82, 2.24) is 10.2 Å². The molecule has 0 radical (unpaired) electrons. The quantitative estimate of drug-likeness (QED) is 0.177. The summed E-state index contributed by atoms with van der Waals surface area (Å²) in [4.78, 5) is 13.0. The van der Waals surface area contributed by atoms with Gasteiger partial charge in [0.1, 0.15) is 5.84 Å². The fraction of sp³-hybridized carbons (Fsp3) is 0.778. The Morgan fingerprint density at radius 1 is 1.60 bits per heavy atom. The van der Waals surface area contributed by atoms with Gasteiger partial charge in [0, 0.05) is 20.0 Å². The second kappa shape index (κ2) is 8.05. The normalized spacial score (nSPS) is 11.5. The van der Waals surface area contributed by atoms with Gasteiger partial charge in [0.05, 0.1) is 6.54 Å². The van der Waals surface area contributed by atoms with Gasteiger partial charge in [-0.05, 0) is 19.9 Å². The minimum absolute atomic E-state index is 0.0706. The average Bonchev–Trinajstić information content (AvgIpc) is 2.26. The van der Waals surface area contributed by atoms with Gasteiger partial charge in [-0.15, -0.1) is 0 Å². The van der Waals surface area contributed by atoms with Gasteiger partial charge < -0.3 is 21.2 Å². The van der Waals surface area contributed by atoms with Crippen molar-refractivity contribution in [1.29, 1.82) is 0 Å². The average molecular weight is 216 g/mol. The molecule has 0 aromatic rings. The van der Waals surface area contributed by atoms with Crippen LogP contribution >= 0.6 is 0 Å².